The highest BCUT2D eigenvalue weighted by Crippen LogP contribution is 2.39. The van der Waals surface area contributed by atoms with Crippen molar-refractivity contribution in [3.8, 4) is 0 Å². The topological polar surface area (TPSA) is 54.5 Å². The number of nitrogens with zero attached hydrogens (tertiary/aromatic N) is 1. The maximum absolute atomic E-state index is 11.2. The van der Waals surface area contributed by atoms with Gasteiger partial charge < -0.3 is 0 Å². The maximum Gasteiger partial charge on any atom is 0.324 e. The molecule has 1 aliphatic rings. The fraction of sp³-hybridized carbons (Fsp3) is 0.900. The number of rotatable bonds is 6. The van der Waals surface area contributed by atoms with E-state index in [0.29, 0.717) is 6.42 Å². The number of unbranched alkanes of at least 4 members (excludes halogenated alkanes) is 3. The SMILES string of the molecule is CCCCCCC1(C)CC(=O)N1S(=O)(=O)Cl. The van der Waals surface area contributed by atoms with Crippen LogP contribution in [0.2, 0.25) is 0 Å². The van der Waals surface area contributed by atoms with E-state index >= 15 is 0 Å². The number of carbonyl (C=O) groups is 1. The second kappa shape index (κ2) is 4.92. The molecule has 0 N–H and O–H groups in total. The van der Waals surface area contributed by atoms with Gasteiger partial charge >= 0.3 is 9.24 Å². The summed E-state index contributed by atoms with van der Waals surface area (Å²) < 4.78 is 23.2. The second-order valence-electron chi connectivity index (χ2n) is 4.58. The molecule has 0 spiro atoms. The highest BCUT2D eigenvalue weighted by atomic mass is 35.7. The first-order valence-corrected chi connectivity index (χ1v) is 7.86. The van der Waals surface area contributed by atoms with Crippen molar-refractivity contribution in [3.05, 3.63) is 0 Å². The molecule has 16 heavy (non-hydrogen) atoms. The quantitative estimate of drug-likeness (QED) is 0.422. The van der Waals surface area contributed by atoms with Gasteiger partial charge in [0.15, 0.2) is 0 Å². The molecule has 1 saturated heterocycles. The Kier molecular flexibility index (Phi) is 4.23. The summed E-state index contributed by atoms with van der Waals surface area (Å²) in [5.74, 6) is -0.395. The molecule has 1 rings (SSSR count). The summed E-state index contributed by atoms with van der Waals surface area (Å²) in [5, 5.41) is 0. The van der Waals surface area contributed by atoms with Gasteiger partial charge in [0.1, 0.15) is 0 Å². The van der Waals surface area contributed by atoms with Gasteiger partial charge in [-0.15, -0.1) is 0 Å². The highest BCUT2D eigenvalue weighted by Gasteiger charge is 2.52. The Morgan fingerprint density at radius 1 is 1.38 bits per heavy atom. The van der Waals surface area contributed by atoms with Crippen molar-refractivity contribution in [2.75, 3.05) is 0 Å². The predicted octanol–water partition coefficient (Wildman–Crippen LogP) is 2.43. The minimum atomic E-state index is -3.91. The van der Waals surface area contributed by atoms with Crippen LogP contribution in [0.15, 0.2) is 0 Å². The van der Waals surface area contributed by atoms with Gasteiger partial charge in [-0.25, -0.2) is 4.31 Å². The number of carbonyl (C=O) groups excluding carboxylic acids is 1. The van der Waals surface area contributed by atoms with Crippen LogP contribution in [0.25, 0.3) is 0 Å². The van der Waals surface area contributed by atoms with Crippen LogP contribution in [0.1, 0.15) is 52.4 Å². The summed E-state index contributed by atoms with van der Waals surface area (Å²) in [6.07, 6.45) is 5.25. The first-order chi connectivity index (χ1) is 7.31. The Balaban J connectivity index is 2.55. The Morgan fingerprint density at radius 3 is 2.44 bits per heavy atom. The third-order valence-corrected chi connectivity index (χ3v) is 4.53. The zero-order chi connectivity index (χ0) is 12.4. The van der Waals surface area contributed by atoms with Crippen LogP contribution in [-0.4, -0.2) is 24.2 Å². The van der Waals surface area contributed by atoms with Crippen molar-refractivity contribution in [1.82, 2.24) is 4.31 Å². The van der Waals surface area contributed by atoms with Crippen LogP contribution in [0, 0.1) is 0 Å². The van der Waals surface area contributed by atoms with Crippen LogP contribution in [0.3, 0.4) is 0 Å². The van der Waals surface area contributed by atoms with Gasteiger partial charge in [-0.05, 0) is 13.3 Å². The van der Waals surface area contributed by atoms with E-state index in [1.54, 1.807) is 6.92 Å². The van der Waals surface area contributed by atoms with Crippen LogP contribution in [0.4, 0.5) is 0 Å². The molecular formula is C10H18ClNO3S. The molecule has 0 aliphatic carbocycles. The molecule has 0 saturated carbocycles. The van der Waals surface area contributed by atoms with Crippen LogP contribution in [-0.2, 0) is 14.0 Å². The summed E-state index contributed by atoms with van der Waals surface area (Å²) in [4.78, 5) is 11.2. The predicted molar refractivity (Wildman–Crippen MR) is 63.4 cm³/mol. The van der Waals surface area contributed by atoms with Gasteiger partial charge in [0.25, 0.3) is 0 Å². The number of amides is 1. The standard InChI is InChI=1S/C10H18ClNO3S/c1-3-4-5-6-7-10(2)8-9(13)12(10)16(11,14)15/h3-8H2,1-2H3. The van der Waals surface area contributed by atoms with E-state index < -0.39 is 20.7 Å². The average Bonchev–Trinajstić information content (AvgIpc) is 2.08. The minimum Gasteiger partial charge on any atom is -0.274 e. The Hall–Kier alpha value is -0.290. The van der Waals surface area contributed by atoms with Crippen LogP contribution in [0.5, 0.6) is 0 Å². The molecule has 1 atom stereocenters. The zero-order valence-corrected chi connectivity index (χ0v) is 11.3. The highest BCUT2D eigenvalue weighted by molar-refractivity contribution is 8.12. The van der Waals surface area contributed by atoms with Crippen molar-refractivity contribution in [2.45, 2.75) is 57.9 Å². The van der Waals surface area contributed by atoms with E-state index in [-0.39, 0.29) is 6.42 Å². The van der Waals surface area contributed by atoms with E-state index in [1.807, 2.05) is 0 Å². The fourth-order valence-electron chi connectivity index (χ4n) is 2.19. The fourth-order valence-corrected chi connectivity index (χ4v) is 3.91. The Labute approximate surface area is 102 Å². The van der Waals surface area contributed by atoms with E-state index in [9.17, 15) is 13.2 Å². The van der Waals surface area contributed by atoms with Gasteiger partial charge in [0.2, 0.25) is 5.91 Å². The first-order valence-electron chi connectivity index (χ1n) is 5.59. The smallest absolute Gasteiger partial charge is 0.274 e. The molecule has 0 radical (unpaired) electrons. The molecule has 0 bridgehead atoms. The molecule has 1 unspecified atom stereocenters. The van der Waals surface area contributed by atoms with E-state index in [0.717, 1.165) is 30.0 Å². The van der Waals surface area contributed by atoms with E-state index in [4.69, 9.17) is 10.7 Å². The van der Waals surface area contributed by atoms with Gasteiger partial charge in [-0.2, -0.15) is 8.42 Å². The van der Waals surface area contributed by atoms with Gasteiger partial charge in [-0.1, -0.05) is 32.6 Å². The average molecular weight is 268 g/mol. The molecule has 0 aromatic heterocycles. The largest absolute Gasteiger partial charge is 0.324 e. The van der Waals surface area contributed by atoms with E-state index in [1.165, 1.54) is 0 Å². The summed E-state index contributed by atoms with van der Waals surface area (Å²) in [6, 6.07) is 0. The summed E-state index contributed by atoms with van der Waals surface area (Å²) in [6.45, 7) is 3.89. The van der Waals surface area contributed by atoms with Crippen LogP contribution < -0.4 is 0 Å². The summed E-state index contributed by atoms with van der Waals surface area (Å²) >= 11 is 0. The monoisotopic (exact) mass is 267 g/mol. The van der Waals surface area contributed by atoms with Crippen LogP contribution >= 0.6 is 10.7 Å². The lowest BCUT2D eigenvalue weighted by Crippen LogP contribution is -2.62. The lowest BCUT2D eigenvalue weighted by molar-refractivity contribution is -0.144. The molecule has 94 valence electrons. The molecule has 1 amide bonds. The molecule has 6 heteroatoms. The maximum atomic E-state index is 11.2. The van der Waals surface area contributed by atoms with Crippen molar-refractivity contribution in [3.63, 3.8) is 0 Å². The molecule has 4 nitrogen and oxygen atoms in total. The second-order valence-corrected chi connectivity index (χ2v) is 6.94. The number of hydrogen-bond donors (Lipinski definition) is 0. The zero-order valence-electron chi connectivity index (χ0n) is 9.70. The van der Waals surface area contributed by atoms with Gasteiger partial charge in [-0.3, -0.25) is 4.79 Å². The Morgan fingerprint density at radius 2 is 2.00 bits per heavy atom. The summed E-state index contributed by atoms with van der Waals surface area (Å²) in [5.41, 5.74) is -0.592. The molecule has 0 aromatic rings. The Bertz CT molecular complexity index is 368. The third-order valence-electron chi connectivity index (χ3n) is 3.04. The molecule has 0 aromatic carbocycles. The normalized spacial score (nSPS) is 25.7. The number of halogens is 1. The van der Waals surface area contributed by atoms with Gasteiger partial charge in [0, 0.05) is 10.7 Å². The summed E-state index contributed by atoms with van der Waals surface area (Å²) in [7, 11) is 1.32. The first kappa shape index (κ1) is 13.8. The molecule has 1 fully saturated rings. The van der Waals surface area contributed by atoms with Crippen molar-refractivity contribution in [2.24, 2.45) is 0 Å². The lowest BCUT2D eigenvalue weighted by Gasteiger charge is -2.47. The van der Waals surface area contributed by atoms with Crippen molar-refractivity contribution < 1.29 is 13.2 Å². The van der Waals surface area contributed by atoms with Crippen molar-refractivity contribution in [1.29, 1.82) is 0 Å². The lowest BCUT2D eigenvalue weighted by atomic mass is 9.84. The number of β-lactam (4-membered cyclic amide) rings is 1. The minimum absolute atomic E-state index is 0.283. The molecule has 1 heterocycles. The molecule has 1 aliphatic heterocycles. The van der Waals surface area contributed by atoms with E-state index in [2.05, 4.69) is 6.92 Å². The third kappa shape index (κ3) is 2.88. The number of hydrogen-bond acceptors (Lipinski definition) is 3. The van der Waals surface area contributed by atoms with Gasteiger partial charge in [0.05, 0.1) is 12.0 Å². The van der Waals surface area contributed by atoms with Crippen molar-refractivity contribution >= 4 is 25.8 Å². The molecular weight excluding hydrogens is 250 g/mol.